The topological polar surface area (TPSA) is 42.0 Å². The molecule has 35 heavy (non-hydrogen) atoms. The highest BCUT2D eigenvalue weighted by Crippen LogP contribution is 2.26. The number of amides is 1. The predicted molar refractivity (Wildman–Crippen MR) is 131 cm³/mol. The van der Waals surface area contributed by atoms with E-state index < -0.39 is 17.5 Å². The zero-order valence-corrected chi connectivity index (χ0v) is 20.2. The molecule has 1 atom stereocenters. The third kappa shape index (κ3) is 6.57. The quantitative estimate of drug-likeness (QED) is 0.418. The lowest BCUT2D eigenvalue weighted by Gasteiger charge is -2.36. The van der Waals surface area contributed by atoms with Gasteiger partial charge in [0.2, 0.25) is 0 Å². The number of methoxy groups -OCH3 is 1. The summed E-state index contributed by atoms with van der Waals surface area (Å²) in [6.07, 6.45) is -0.235. The number of carbonyl (C=O) groups is 1. The summed E-state index contributed by atoms with van der Waals surface area (Å²) < 4.78 is 39.0. The number of nitrogens with zero attached hydrogens (tertiary/aromatic N) is 2. The first-order valence-electron chi connectivity index (χ1n) is 11.4. The molecule has 8 heteroatoms. The van der Waals surface area contributed by atoms with E-state index in [-0.39, 0.29) is 11.7 Å². The number of carbonyl (C=O) groups excluding carboxylic acids is 1. The van der Waals surface area contributed by atoms with Crippen molar-refractivity contribution in [3.8, 4) is 5.75 Å². The predicted octanol–water partition coefficient (Wildman–Crippen LogP) is 5.34. The number of rotatable bonds is 8. The molecule has 4 rings (SSSR count). The number of ether oxygens (including phenoxy) is 2. The van der Waals surface area contributed by atoms with Crippen LogP contribution in [0.15, 0.2) is 66.7 Å². The van der Waals surface area contributed by atoms with E-state index in [1.165, 1.54) is 6.07 Å². The summed E-state index contributed by atoms with van der Waals surface area (Å²) >= 11 is 6.12. The molecule has 0 N–H and O–H groups in total. The lowest BCUT2D eigenvalue weighted by molar-refractivity contribution is 0.00329. The van der Waals surface area contributed by atoms with Crippen LogP contribution in [0, 0.1) is 11.6 Å². The van der Waals surface area contributed by atoms with Gasteiger partial charge in [-0.1, -0.05) is 35.9 Å². The van der Waals surface area contributed by atoms with E-state index in [1.807, 2.05) is 48.5 Å². The zero-order chi connectivity index (χ0) is 24.8. The molecule has 1 fully saturated rings. The molecule has 1 saturated heterocycles. The molecule has 3 aromatic rings. The molecule has 1 aliphatic rings. The lowest BCUT2D eigenvalue weighted by Crippen LogP contribution is -2.49. The van der Waals surface area contributed by atoms with Gasteiger partial charge in [0, 0.05) is 43.8 Å². The SMILES string of the molecule is COc1cccc(C(CN2CCN(C(=O)c3ccc(F)cc3F)CC2)OCc2cccc(Cl)c2)c1. The van der Waals surface area contributed by atoms with Crippen LogP contribution in [-0.2, 0) is 11.3 Å². The summed E-state index contributed by atoms with van der Waals surface area (Å²) in [5, 5.41) is 0.655. The second-order valence-electron chi connectivity index (χ2n) is 8.42. The van der Waals surface area contributed by atoms with Gasteiger partial charge in [0.05, 0.1) is 25.4 Å². The lowest BCUT2D eigenvalue weighted by atomic mass is 10.1. The second kappa shape index (κ2) is 11.6. The maximum atomic E-state index is 14.1. The van der Waals surface area contributed by atoms with Gasteiger partial charge < -0.3 is 14.4 Å². The minimum Gasteiger partial charge on any atom is -0.497 e. The van der Waals surface area contributed by atoms with Crippen molar-refractivity contribution in [2.45, 2.75) is 12.7 Å². The molecule has 1 amide bonds. The number of hydrogen-bond acceptors (Lipinski definition) is 4. The Morgan fingerprint density at radius 3 is 2.49 bits per heavy atom. The van der Waals surface area contributed by atoms with Crippen LogP contribution in [0.3, 0.4) is 0 Å². The van der Waals surface area contributed by atoms with E-state index >= 15 is 0 Å². The second-order valence-corrected chi connectivity index (χ2v) is 8.86. The minimum atomic E-state index is -0.843. The number of piperazine rings is 1. The third-order valence-electron chi connectivity index (χ3n) is 6.05. The molecule has 0 spiro atoms. The van der Waals surface area contributed by atoms with Crippen LogP contribution >= 0.6 is 11.6 Å². The first-order valence-corrected chi connectivity index (χ1v) is 11.8. The average molecular weight is 501 g/mol. The van der Waals surface area contributed by atoms with Gasteiger partial charge in [-0.2, -0.15) is 0 Å². The molecule has 3 aromatic carbocycles. The van der Waals surface area contributed by atoms with Crippen LogP contribution in [0.2, 0.25) is 5.02 Å². The van der Waals surface area contributed by atoms with Gasteiger partial charge in [0.15, 0.2) is 0 Å². The van der Waals surface area contributed by atoms with Crippen LogP contribution in [0.4, 0.5) is 8.78 Å². The molecular formula is C27H27ClF2N2O3. The van der Waals surface area contributed by atoms with Crippen molar-refractivity contribution in [2.75, 3.05) is 39.8 Å². The zero-order valence-electron chi connectivity index (χ0n) is 19.4. The van der Waals surface area contributed by atoms with Crippen molar-refractivity contribution < 1.29 is 23.0 Å². The first kappa shape index (κ1) is 25.1. The molecule has 1 unspecified atom stereocenters. The van der Waals surface area contributed by atoms with Crippen molar-refractivity contribution in [1.29, 1.82) is 0 Å². The van der Waals surface area contributed by atoms with E-state index in [4.69, 9.17) is 21.1 Å². The number of benzene rings is 3. The fourth-order valence-corrected chi connectivity index (χ4v) is 4.33. The summed E-state index contributed by atoms with van der Waals surface area (Å²) in [5.74, 6) is -1.23. The van der Waals surface area contributed by atoms with E-state index in [2.05, 4.69) is 4.90 Å². The van der Waals surface area contributed by atoms with E-state index in [0.29, 0.717) is 44.4 Å². The fourth-order valence-electron chi connectivity index (χ4n) is 4.12. The van der Waals surface area contributed by atoms with E-state index in [9.17, 15) is 13.6 Å². The molecule has 0 aliphatic carbocycles. The number of hydrogen-bond donors (Lipinski definition) is 0. The summed E-state index contributed by atoms with van der Waals surface area (Å²) in [6.45, 7) is 3.10. The van der Waals surface area contributed by atoms with Crippen LogP contribution in [0.1, 0.15) is 27.6 Å². The Kier molecular flexibility index (Phi) is 8.33. The molecule has 5 nitrogen and oxygen atoms in total. The van der Waals surface area contributed by atoms with Gasteiger partial charge in [-0.05, 0) is 47.5 Å². The van der Waals surface area contributed by atoms with Crippen molar-refractivity contribution in [1.82, 2.24) is 9.80 Å². The Morgan fingerprint density at radius 1 is 1.00 bits per heavy atom. The largest absolute Gasteiger partial charge is 0.497 e. The summed E-state index contributed by atoms with van der Waals surface area (Å²) in [7, 11) is 1.63. The van der Waals surface area contributed by atoms with E-state index in [0.717, 1.165) is 29.0 Å². The van der Waals surface area contributed by atoms with Gasteiger partial charge >= 0.3 is 0 Å². The van der Waals surface area contributed by atoms with Gasteiger partial charge in [0.1, 0.15) is 17.4 Å². The van der Waals surface area contributed by atoms with Gasteiger partial charge in [-0.15, -0.1) is 0 Å². The molecule has 1 heterocycles. The first-order chi connectivity index (χ1) is 16.9. The highest BCUT2D eigenvalue weighted by Gasteiger charge is 2.26. The van der Waals surface area contributed by atoms with Gasteiger partial charge in [-0.25, -0.2) is 8.78 Å². The normalized spacial score (nSPS) is 15.1. The van der Waals surface area contributed by atoms with E-state index in [1.54, 1.807) is 12.0 Å². The number of halogens is 3. The maximum absolute atomic E-state index is 14.1. The van der Waals surface area contributed by atoms with Crippen LogP contribution in [0.25, 0.3) is 0 Å². The molecule has 0 aromatic heterocycles. The van der Waals surface area contributed by atoms with Crippen LogP contribution in [0.5, 0.6) is 5.75 Å². The Hall–Kier alpha value is -3.00. The van der Waals surface area contributed by atoms with Crippen molar-refractivity contribution in [3.63, 3.8) is 0 Å². The molecule has 184 valence electrons. The van der Waals surface area contributed by atoms with Crippen molar-refractivity contribution >= 4 is 17.5 Å². The Balaban J connectivity index is 1.41. The minimum absolute atomic E-state index is 0.112. The average Bonchev–Trinajstić information content (AvgIpc) is 2.86. The van der Waals surface area contributed by atoms with Crippen molar-refractivity contribution in [2.24, 2.45) is 0 Å². The Morgan fingerprint density at radius 2 is 1.77 bits per heavy atom. The van der Waals surface area contributed by atoms with Crippen LogP contribution < -0.4 is 4.74 Å². The summed E-state index contributed by atoms with van der Waals surface area (Å²) in [6, 6.07) is 18.4. The van der Waals surface area contributed by atoms with Gasteiger partial charge in [-0.3, -0.25) is 9.69 Å². The Labute approximate surface area is 208 Å². The summed E-state index contributed by atoms with van der Waals surface area (Å²) in [4.78, 5) is 16.5. The molecule has 0 radical (unpaired) electrons. The monoisotopic (exact) mass is 500 g/mol. The van der Waals surface area contributed by atoms with Crippen molar-refractivity contribution in [3.05, 3.63) is 100 Å². The third-order valence-corrected chi connectivity index (χ3v) is 6.29. The smallest absolute Gasteiger partial charge is 0.256 e. The van der Waals surface area contributed by atoms with Gasteiger partial charge in [0.25, 0.3) is 5.91 Å². The maximum Gasteiger partial charge on any atom is 0.256 e. The highest BCUT2D eigenvalue weighted by atomic mass is 35.5. The standard InChI is InChI=1S/C27H27ClF2N2O3/c1-34-23-7-3-5-20(15-23)26(35-18-19-4-2-6-21(28)14-19)17-31-10-12-32(13-11-31)27(33)24-9-8-22(29)16-25(24)30/h2-9,14-16,26H,10-13,17-18H2,1H3. The molecule has 0 bridgehead atoms. The fraction of sp³-hybridized carbons (Fsp3) is 0.296. The molecule has 0 saturated carbocycles. The highest BCUT2D eigenvalue weighted by molar-refractivity contribution is 6.30. The summed E-state index contributed by atoms with van der Waals surface area (Å²) in [5.41, 5.74) is 1.85. The Bertz CT molecular complexity index is 1170. The van der Waals surface area contributed by atoms with Crippen LogP contribution in [-0.4, -0.2) is 55.5 Å². The molecule has 1 aliphatic heterocycles. The molecular weight excluding hydrogens is 474 g/mol.